The monoisotopic (exact) mass is 367 g/mol. The number of alkyl carbamates (subject to hydrolysis) is 1. The minimum atomic E-state index is -0.284. The molecule has 0 heterocycles. The number of nitrogens with one attached hydrogen (secondary N) is 1. The maximum Gasteiger partial charge on any atom is 0.407 e. The Kier molecular flexibility index (Phi) is 8.80. The van der Waals surface area contributed by atoms with E-state index in [1.165, 1.54) is 64.9 Å². The van der Waals surface area contributed by atoms with Crippen molar-refractivity contribution in [2.75, 3.05) is 7.11 Å². The SMILES string of the molecule is COC(=O)N[C@H]1CCCCCCCCCC[C@@H]1I. The van der Waals surface area contributed by atoms with Crippen LogP contribution in [0.1, 0.15) is 64.2 Å². The second-order valence-electron chi connectivity index (χ2n) is 5.16. The lowest BCUT2D eigenvalue weighted by Crippen LogP contribution is -2.40. The summed E-state index contributed by atoms with van der Waals surface area (Å²) in [6.45, 7) is 0. The minimum Gasteiger partial charge on any atom is -0.453 e. The van der Waals surface area contributed by atoms with Gasteiger partial charge >= 0.3 is 6.09 Å². The van der Waals surface area contributed by atoms with E-state index in [0.29, 0.717) is 3.92 Å². The molecule has 4 heteroatoms. The zero-order chi connectivity index (χ0) is 13.2. The van der Waals surface area contributed by atoms with Crippen molar-refractivity contribution in [3.8, 4) is 0 Å². The summed E-state index contributed by atoms with van der Waals surface area (Å²) in [6.07, 6.45) is 12.6. The first-order valence-electron chi connectivity index (χ1n) is 7.22. The third-order valence-electron chi connectivity index (χ3n) is 3.67. The minimum absolute atomic E-state index is 0.275. The average molecular weight is 367 g/mol. The van der Waals surface area contributed by atoms with Gasteiger partial charge in [0.2, 0.25) is 0 Å². The van der Waals surface area contributed by atoms with Gasteiger partial charge in [-0.2, -0.15) is 0 Å². The Labute approximate surface area is 125 Å². The Morgan fingerprint density at radius 1 is 1.00 bits per heavy atom. The van der Waals surface area contributed by atoms with Crippen molar-refractivity contribution in [2.45, 2.75) is 74.2 Å². The predicted molar refractivity (Wildman–Crippen MR) is 83.3 cm³/mol. The summed E-state index contributed by atoms with van der Waals surface area (Å²) in [7, 11) is 1.44. The largest absolute Gasteiger partial charge is 0.453 e. The Morgan fingerprint density at radius 3 is 2.06 bits per heavy atom. The fraction of sp³-hybridized carbons (Fsp3) is 0.929. The molecule has 106 valence electrons. The molecule has 0 aliphatic heterocycles. The van der Waals surface area contributed by atoms with Crippen LogP contribution < -0.4 is 5.32 Å². The van der Waals surface area contributed by atoms with E-state index in [9.17, 15) is 4.79 Å². The van der Waals surface area contributed by atoms with Crippen LogP contribution in [0.4, 0.5) is 4.79 Å². The van der Waals surface area contributed by atoms with Crippen LogP contribution in [0, 0.1) is 0 Å². The summed E-state index contributed by atoms with van der Waals surface area (Å²) < 4.78 is 5.25. The van der Waals surface area contributed by atoms with Gasteiger partial charge in [-0.1, -0.05) is 74.0 Å². The molecule has 0 bridgehead atoms. The Morgan fingerprint density at radius 2 is 1.50 bits per heavy atom. The van der Waals surface area contributed by atoms with Gasteiger partial charge in [-0.3, -0.25) is 0 Å². The first kappa shape index (κ1) is 16.1. The molecule has 0 aromatic carbocycles. The van der Waals surface area contributed by atoms with Crippen LogP contribution in [0.5, 0.6) is 0 Å². The van der Waals surface area contributed by atoms with E-state index in [1.54, 1.807) is 0 Å². The van der Waals surface area contributed by atoms with Crippen LogP contribution in [0.2, 0.25) is 0 Å². The number of ether oxygens (including phenoxy) is 1. The van der Waals surface area contributed by atoms with E-state index in [-0.39, 0.29) is 12.1 Å². The fourth-order valence-electron chi connectivity index (χ4n) is 2.52. The van der Waals surface area contributed by atoms with Crippen molar-refractivity contribution in [1.29, 1.82) is 0 Å². The van der Waals surface area contributed by atoms with Crippen LogP contribution in [0.15, 0.2) is 0 Å². The third kappa shape index (κ3) is 6.81. The zero-order valence-corrected chi connectivity index (χ0v) is 13.6. The predicted octanol–water partition coefficient (Wildman–Crippen LogP) is 4.43. The van der Waals surface area contributed by atoms with Gasteiger partial charge in [-0.15, -0.1) is 0 Å². The number of carbonyl (C=O) groups excluding carboxylic acids is 1. The highest BCUT2D eigenvalue weighted by Gasteiger charge is 2.20. The van der Waals surface area contributed by atoms with Gasteiger partial charge in [0.1, 0.15) is 0 Å². The molecule has 0 spiro atoms. The van der Waals surface area contributed by atoms with Crippen molar-refractivity contribution >= 4 is 28.7 Å². The van der Waals surface area contributed by atoms with E-state index < -0.39 is 0 Å². The lowest BCUT2D eigenvalue weighted by Gasteiger charge is -2.24. The van der Waals surface area contributed by atoms with Crippen molar-refractivity contribution < 1.29 is 9.53 Å². The van der Waals surface area contributed by atoms with E-state index in [2.05, 4.69) is 27.9 Å². The molecule has 1 aliphatic rings. The number of methoxy groups -OCH3 is 1. The van der Waals surface area contributed by atoms with Crippen molar-refractivity contribution in [3.05, 3.63) is 0 Å². The molecule has 0 aromatic heterocycles. The number of rotatable bonds is 1. The maximum atomic E-state index is 11.4. The van der Waals surface area contributed by atoms with Crippen LogP contribution in [-0.2, 0) is 4.74 Å². The third-order valence-corrected chi connectivity index (χ3v) is 5.16. The fourth-order valence-corrected chi connectivity index (χ4v) is 3.50. The standard InChI is InChI=1S/C14H26INO2/c1-18-14(17)16-13-11-9-7-5-3-2-4-6-8-10-12(13)15/h12-13H,2-11H2,1H3,(H,16,17)/t12-,13-/m0/s1. The summed E-state index contributed by atoms with van der Waals surface area (Å²) >= 11 is 2.49. The van der Waals surface area contributed by atoms with Crippen molar-refractivity contribution in [2.24, 2.45) is 0 Å². The molecule has 1 amide bonds. The van der Waals surface area contributed by atoms with Gasteiger partial charge in [0.05, 0.1) is 7.11 Å². The summed E-state index contributed by atoms with van der Waals surface area (Å²) in [4.78, 5) is 11.4. The average Bonchev–Trinajstić information content (AvgIpc) is 2.37. The van der Waals surface area contributed by atoms with Gasteiger partial charge in [0.25, 0.3) is 0 Å². The van der Waals surface area contributed by atoms with Crippen LogP contribution >= 0.6 is 22.6 Å². The van der Waals surface area contributed by atoms with Gasteiger partial charge < -0.3 is 10.1 Å². The molecule has 2 atom stereocenters. The van der Waals surface area contributed by atoms with E-state index in [4.69, 9.17) is 4.74 Å². The Balaban J connectivity index is 2.44. The zero-order valence-electron chi connectivity index (χ0n) is 11.4. The Bertz CT molecular complexity index is 236. The molecule has 0 saturated heterocycles. The highest BCUT2D eigenvalue weighted by molar-refractivity contribution is 14.1. The van der Waals surface area contributed by atoms with E-state index in [0.717, 1.165) is 6.42 Å². The maximum absolute atomic E-state index is 11.4. The molecule has 3 nitrogen and oxygen atoms in total. The topological polar surface area (TPSA) is 38.3 Å². The van der Waals surface area contributed by atoms with Gasteiger partial charge in [0.15, 0.2) is 0 Å². The molecule has 1 rings (SSSR count). The van der Waals surface area contributed by atoms with Gasteiger partial charge in [0, 0.05) is 9.97 Å². The van der Waals surface area contributed by atoms with Crippen LogP contribution in [-0.4, -0.2) is 23.2 Å². The molecule has 0 aromatic rings. The van der Waals surface area contributed by atoms with Crippen molar-refractivity contribution in [1.82, 2.24) is 5.32 Å². The molecule has 1 saturated carbocycles. The van der Waals surface area contributed by atoms with Crippen molar-refractivity contribution in [3.63, 3.8) is 0 Å². The summed E-state index contributed by atoms with van der Waals surface area (Å²) in [5.74, 6) is 0. The molecule has 1 N–H and O–H groups in total. The number of hydrogen-bond acceptors (Lipinski definition) is 2. The first-order chi connectivity index (χ1) is 8.74. The smallest absolute Gasteiger partial charge is 0.407 e. The molecule has 0 radical (unpaired) electrons. The molecule has 0 unspecified atom stereocenters. The van der Waals surface area contributed by atoms with Crippen LogP contribution in [0.25, 0.3) is 0 Å². The molecule has 18 heavy (non-hydrogen) atoms. The first-order valence-corrected chi connectivity index (χ1v) is 8.47. The number of alkyl halides is 1. The van der Waals surface area contributed by atoms with Gasteiger partial charge in [-0.25, -0.2) is 4.79 Å². The Hall–Kier alpha value is 0. The van der Waals surface area contributed by atoms with Gasteiger partial charge in [-0.05, 0) is 12.8 Å². The quantitative estimate of drug-likeness (QED) is 0.550. The van der Waals surface area contributed by atoms with E-state index in [1.807, 2.05) is 0 Å². The molecular weight excluding hydrogens is 341 g/mol. The second kappa shape index (κ2) is 9.87. The summed E-state index contributed by atoms with van der Waals surface area (Å²) in [5.41, 5.74) is 0. The number of hydrogen-bond donors (Lipinski definition) is 1. The highest BCUT2D eigenvalue weighted by atomic mass is 127. The van der Waals surface area contributed by atoms with Crippen LogP contribution in [0.3, 0.4) is 0 Å². The lowest BCUT2D eigenvalue weighted by atomic mass is 9.98. The summed E-state index contributed by atoms with van der Waals surface area (Å²) in [6, 6.07) is 0.275. The molecular formula is C14H26INO2. The highest BCUT2D eigenvalue weighted by Crippen LogP contribution is 2.22. The lowest BCUT2D eigenvalue weighted by molar-refractivity contribution is 0.165. The number of halogens is 1. The number of carbonyl (C=O) groups is 1. The summed E-state index contributed by atoms with van der Waals surface area (Å²) in [5, 5.41) is 3.00. The molecule has 1 fully saturated rings. The van der Waals surface area contributed by atoms with E-state index >= 15 is 0 Å². The number of amides is 1. The normalized spacial score (nSPS) is 27.7. The molecule has 1 aliphatic carbocycles. The second-order valence-corrected chi connectivity index (χ2v) is 6.76.